The van der Waals surface area contributed by atoms with E-state index in [0.717, 1.165) is 17.4 Å². The number of thiocarbonyl (C=S) groups is 1. The molecular formula is C15H18ClNO2S2. The fraction of sp³-hybridized carbons (Fsp3) is 0.467. The van der Waals surface area contributed by atoms with E-state index in [1.807, 2.05) is 13.8 Å². The lowest BCUT2D eigenvalue weighted by atomic mass is 10.1. The molecule has 0 spiro atoms. The van der Waals surface area contributed by atoms with E-state index in [2.05, 4.69) is 4.90 Å². The Morgan fingerprint density at radius 1 is 1.33 bits per heavy atom. The number of hydrogen-bond acceptors (Lipinski definition) is 4. The largest absolute Gasteiger partial charge is 0.372 e. The van der Waals surface area contributed by atoms with Gasteiger partial charge >= 0.3 is 0 Å². The molecule has 1 aromatic carbocycles. The maximum absolute atomic E-state index is 12.1. The maximum atomic E-state index is 12.1. The van der Waals surface area contributed by atoms with Crippen LogP contribution in [0.3, 0.4) is 0 Å². The van der Waals surface area contributed by atoms with E-state index in [-0.39, 0.29) is 18.0 Å². The van der Waals surface area contributed by atoms with Crippen LogP contribution in [0.4, 0.5) is 0 Å². The lowest BCUT2D eigenvalue weighted by Crippen LogP contribution is -2.46. The van der Waals surface area contributed by atoms with E-state index in [1.165, 1.54) is 11.8 Å². The second-order valence-electron chi connectivity index (χ2n) is 5.15. The minimum atomic E-state index is 0.0633. The maximum Gasteiger partial charge on any atom is 0.173 e. The summed E-state index contributed by atoms with van der Waals surface area (Å²) in [7, 11) is 0. The highest BCUT2D eigenvalue weighted by atomic mass is 35.5. The van der Waals surface area contributed by atoms with Crippen molar-refractivity contribution in [3.63, 3.8) is 0 Å². The fourth-order valence-electron chi connectivity index (χ4n) is 2.26. The van der Waals surface area contributed by atoms with Crippen molar-refractivity contribution in [2.75, 3.05) is 18.8 Å². The van der Waals surface area contributed by atoms with Crippen molar-refractivity contribution in [2.45, 2.75) is 26.1 Å². The molecule has 1 aliphatic heterocycles. The van der Waals surface area contributed by atoms with Gasteiger partial charge in [-0.3, -0.25) is 4.79 Å². The molecule has 2 rings (SSSR count). The summed E-state index contributed by atoms with van der Waals surface area (Å²) in [6.45, 7) is 5.64. The van der Waals surface area contributed by atoms with Gasteiger partial charge in [-0.1, -0.05) is 35.6 Å². The van der Waals surface area contributed by atoms with E-state index in [0.29, 0.717) is 16.3 Å². The summed E-state index contributed by atoms with van der Waals surface area (Å²) in [5.41, 5.74) is 0.665. The van der Waals surface area contributed by atoms with Crippen LogP contribution in [0.15, 0.2) is 24.3 Å². The number of morpholine rings is 1. The van der Waals surface area contributed by atoms with Gasteiger partial charge < -0.3 is 9.64 Å². The van der Waals surface area contributed by atoms with Gasteiger partial charge in [0.2, 0.25) is 0 Å². The van der Waals surface area contributed by atoms with Crippen molar-refractivity contribution in [3.05, 3.63) is 34.9 Å². The highest BCUT2D eigenvalue weighted by Gasteiger charge is 2.24. The summed E-state index contributed by atoms with van der Waals surface area (Å²) in [4.78, 5) is 14.2. The normalized spacial score (nSPS) is 22.1. The average Bonchev–Trinajstić information content (AvgIpc) is 2.44. The number of hydrogen-bond donors (Lipinski definition) is 0. The van der Waals surface area contributed by atoms with Crippen molar-refractivity contribution in [3.8, 4) is 0 Å². The second kappa shape index (κ2) is 7.58. The highest BCUT2D eigenvalue weighted by molar-refractivity contribution is 8.23. The summed E-state index contributed by atoms with van der Waals surface area (Å²) in [5, 5.41) is 0.631. The fourth-order valence-corrected chi connectivity index (χ4v) is 3.47. The van der Waals surface area contributed by atoms with Crippen LogP contribution in [0.1, 0.15) is 24.2 Å². The zero-order valence-electron chi connectivity index (χ0n) is 12.0. The first-order chi connectivity index (χ1) is 9.95. The number of ether oxygens (including phenoxy) is 1. The Morgan fingerprint density at radius 3 is 2.48 bits per heavy atom. The molecule has 0 bridgehead atoms. The molecule has 3 nitrogen and oxygen atoms in total. The van der Waals surface area contributed by atoms with E-state index in [9.17, 15) is 4.79 Å². The number of carbonyl (C=O) groups is 1. The Morgan fingerprint density at radius 2 is 1.90 bits per heavy atom. The van der Waals surface area contributed by atoms with Crippen molar-refractivity contribution in [1.82, 2.24) is 4.90 Å². The zero-order valence-corrected chi connectivity index (χ0v) is 14.4. The van der Waals surface area contributed by atoms with Crippen molar-refractivity contribution in [2.24, 2.45) is 0 Å². The minimum Gasteiger partial charge on any atom is -0.372 e. The van der Waals surface area contributed by atoms with Gasteiger partial charge in [-0.25, -0.2) is 0 Å². The third kappa shape index (κ3) is 4.95. The molecule has 0 N–H and O–H groups in total. The van der Waals surface area contributed by atoms with Crippen molar-refractivity contribution < 1.29 is 9.53 Å². The number of halogens is 1. The number of ketones is 1. The van der Waals surface area contributed by atoms with Crippen LogP contribution in [0.5, 0.6) is 0 Å². The zero-order chi connectivity index (χ0) is 15.4. The van der Waals surface area contributed by atoms with Gasteiger partial charge in [0, 0.05) is 23.7 Å². The molecule has 114 valence electrons. The van der Waals surface area contributed by atoms with Gasteiger partial charge in [0.1, 0.15) is 4.32 Å². The Hall–Kier alpha value is -0.620. The first-order valence-corrected chi connectivity index (χ1v) is 8.59. The molecule has 1 heterocycles. The Bertz CT molecular complexity index is 511. The number of benzene rings is 1. The number of Topliss-reactive ketones (excluding diaryl/α,β-unsaturated/α-hetero) is 1. The molecule has 0 aromatic heterocycles. The molecule has 0 aliphatic carbocycles. The summed E-state index contributed by atoms with van der Waals surface area (Å²) in [6, 6.07) is 6.94. The van der Waals surface area contributed by atoms with Gasteiger partial charge in [0.05, 0.1) is 18.0 Å². The Labute approximate surface area is 140 Å². The predicted octanol–water partition coefficient (Wildman–Crippen LogP) is 3.65. The van der Waals surface area contributed by atoms with Gasteiger partial charge in [-0.15, -0.1) is 0 Å². The van der Waals surface area contributed by atoms with Crippen LogP contribution in [0.25, 0.3) is 0 Å². The van der Waals surface area contributed by atoms with E-state index in [4.69, 9.17) is 28.6 Å². The van der Waals surface area contributed by atoms with Gasteiger partial charge in [-0.05, 0) is 38.1 Å². The first kappa shape index (κ1) is 16.7. The van der Waals surface area contributed by atoms with Crippen LogP contribution in [0, 0.1) is 0 Å². The van der Waals surface area contributed by atoms with Crippen LogP contribution in [-0.2, 0) is 4.74 Å². The highest BCUT2D eigenvalue weighted by Crippen LogP contribution is 2.18. The lowest BCUT2D eigenvalue weighted by molar-refractivity contribution is -0.0465. The minimum absolute atomic E-state index is 0.0633. The molecule has 1 saturated heterocycles. The third-order valence-corrected chi connectivity index (χ3v) is 4.95. The number of nitrogens with zero attached hydrogens (tertiary/aromatic N) is 1. The van der Waals surface area contributed by atoms with E-state index >= 15 is 0 Å². The molecule has 0 amide bonds. The molecule has 1 aromatic rings. The summed E-state index contributed by atoms with van der Waals surface area (Å²) in [6.07, 6.45) is 0.332. The van der Waals surface area contributed by atoms with Crippen LogP contribution in [0.2, 0.25) is 5.02 Å². The summed E-state index contributed by atoms with van der Waals surface area (Å²) >= 11 is 12.7. The molecule has 21 heavy (non-hydrogen) atoms. The first-order valence-electron chi connectivity index (χ1n) is 6.81. The molecular weight excluding hydrogens is 326 g/mol. The molecule has 1 fully saturated rings. The predicted molar refractivity (Wildman–Crippen MR) is 92.4 cm³/mol. The molecule has 6 heteroatoms. The van der Waals surface area contributed by atoms with Crippen LogP contribution >= 0.6 is 35.6 Å². The SMILES string of the molecule is C[C@@H]1CN(C(=S)SCC(=O)c2ccc(Cl)cc2)C[C@@H](C)O1. The number of rotatable bonds is 3. The monoisotopic (exact) mass is 343 g/mol. The summed E-state index contributed by atoms with van der Waals surface area (Å²) < 4.78 is 6.45. The molecule has 1 aliphatic rings. The van der Waals surface area contributed by atoms with E-state index < -0.39 is 0 Å². The van der Waals surface area contributed by atoms with Crippen molar-refractivity contribution >= 4 is 45.7 Å². The smallest absolute Gasteiger partial charge is 0.173 e. The molecule has 0 radical (unpaired) electrons. The lowest BCUT2D eigenvalue weighted by Gasteiger charge is -2.36. The van der Waals surface area contributed by atoms with Gasteiger partial charge in [0.15, 0.2) is 5.78 Å². The standard InChI is InChI=1S/C15H18ClNO2S2/c1-10-7-17(8-11(2)19-10)15(20)21-9-14(18)12-3-5-13(16)6-4-12/h3-6,10-11H,7-9H2,1-2H3/t10-,11-/m1/s1. The molecule has 0 saturated carbocycles. The van der Waals surface area contributed by atoms with Gasteiger partial charge in [-0.2, -0.15) is 0 Å². The quantitative estimate of drug-likeness (QED) is 0.617. The number of carbonyl (C=O) groups excluding carboxylic acids is 1. The van der Waals surface area contributed by atoms with E-state index in [1.54, 1.807) is 24.3 Å². The summed E-state index contributed by atoms with van der Waals surface area (Å²) in [5.74, 6) is 0.411. The Balaban J connectivity index is 1.86. The number of thioether (sulfide) groups is 1. The topological polar surface area (TPSA) is 29.5 Å². The average molecular weight is 344 g/mol. The third-order valence-electron chi connectivity index (χ3n) is 3.17. The van der Waals surface area contributed by atoms with Crippen LogP contribution < -0.4 is 0 Å². The van der Waals surface area contributed by atoms with Gasteiger partial charge in [0.25, 0.3) is 0 Å². The van der Waals surface area contributed by atoms with Crippen LogP contribution in [-0.4, -0.2) is 46.1 Å². The molecule has 2 atom stereocenters. The molecule has 0 unspecified atom stereocenters. The van der Waals surface area contributed by atoms with Crippen molar-refractivity contribution in [1.29, 1.82) is 0 Å². The Kier molecular flexibility index (Phi) is 6.05. The second-order valence-corrected chi connectivity index (χ2v) is 7.19.